The van der Waals surface area contributed by atoms with Gasteiger partial charge in [0.25, 0.3) is 0 Å². The number of hydrogen-bond donors (Lipinski definition) is 0. The molecule has 50 valence electrons. The molecule has 0 N–H and O–H groups in total. The highest BCUT2D eigenvalue weighted by Crippen LogP contribution is 1.83. The summed E-state index contributed by atoms with van der Waals surface area (Å²) in [5, 5.41) is 0. The maximum atomic E-state index is 10.5. The minimum atomic E-state index is 0.0572. The van der Waals surface area contributed by atoms with Crippen LogP contribution in [0.4, 0.5) is 0 Å². The van der Waals surface area contributed by atoms with Crippen LogP contribution >= 0.6 is 0 Å². The van der Waals surface area contributed by atoms with Crippen molar-refractivity contribution in [2.45, 2.75) is 13.0 Å². The number of ketones is 1. The van der Waals surface area contributed by atoms with Crippen LogP contribution < -0.4 is 0 Å². The van der Waals surface area contributed by atoms with Crippen LogP contribution in [0, 0.1) is 0 Å². The van der Waals surface area contributed by atoms with Crippen LogP contribution in [0.15, 0.2) is 12.7 Å². The van der Waals surface area contributed by atoms with Gasteiger partial charge in [0.05, 0.1) is 0 Å². The van der Waals surface area contributed by atoms with Crippen LogP contribution in [0.3, 0.4) is 0 Å². The fourth-order valence-corrected chi connectivity index (χ4v) is 0.889. The Hall–Kier alpha value is -0.413. The number of carbonyl (C=O) groups is 1. The zero-order chi connectivity index (χ0) is 7.11. The van der Waals surface area contributed by atoms with Gasteiger partial charge in [0, 0.05) is 12.7 Å². The molecule has 0 saturated carbocycles. The fraction of sp³-hybridized carbons (Fsp3) is 0.500. The van der Waals surface area contributed by atoms with Crippen LogP contribution in [0.1, 0.15) is 6.92 Å². The first-order valence-electron chi connectivity index (χ1n) is 2.81. The molecular formula is C6H10O2Si. The summed E-state index contributed by atoms with van der Waals surface area (Å²) in [5.41, 5.74) is 0. The average Bonchev–Trinajstić information content (AvgIpc) is 1.89. The van der Waals surface area contributed by atoms with Crippen molar-refractivity contribution in [2.24, 2.45) is 0 Å². The van der Waals surface area contributed by atoms with Crippen molar-refractivity contribution in [1.29, 1.82) is 0 Å². The molecule has 0 amide bonds. The van der Waals surface area contributed by atoms with Gasteiger partial charge < -0.3 is 4.43 Å². The molecule has 3 heteroatoms. The molecule has 0 aliphatic carbocycles. The maximum Gasteiger partial charge on any atom is 0.237 e. The molecule has 0 aliphatic heterocycles. The second-order valence-electron chi connectivity index (χ2n) is 1.42. The lowest BCUT2D eigenvalue weighted by atomic mass is 10.5. The van der Waals surface area contributed by atoms with Gasteiger partial charge in [-0.05, 0) is 13.0 Å². The molecule has 0 aromatic rings. The predicted octanol–water partition coefficient (Wildman–Crippen LogP) is 0.815. The van der Waals surface area contributed by atoms with E-state index in [1.54, 1.807) is 0 Å². The molecule has 0 aromatic carbocycles. The van der Waals surface area contributed by atoms with E-state index in [0.29, 0.717) is 22.4 Å². The van der Waals surface area contributed by atoms with Crippen molar-refractivity contribution in [3.05, 3.63) is 12.7 Å². The fourth-order valence-electron chi connectivity index (χ4n) is 0.296. The Morgan fingerprint density at radius 2 is 2.56 bits per heavy atom. The summed E-state index contributed by atoms with van der Waals surface area (Å²) in [6, 6.07) is 0.483. The van der Waals surface area contributed by atoms with Crippen LogP contribution in [-0.4, -0.2) is 22.2 Å². The molecule has 0 aliphatic rings. The lowest BCUT2D eigenvalue weighted by Gasteiger charge is -1.92. The molecule has 0 bridgehead atoms. The molecule has 0 heterocycles. The van der Waals surface area contributed by atoms with Gasteiger partial charge in [-0.2, -0.15) is 0 Å². The average molecular weight is 142 g/mol. The molecule has 0 aromatic heterocycles. The molecular weight excluding hydrogens is 132 g/mol. The first-order valence-corrected chi connectivity index (χ1v) is 3.92. The molecule has 0 unspecified atom stereocenters. The molecule has 0 fully saturated rings. The van der Waals surface area contributed by atoms with Crippen LogP contribution in [0.2, 0.25) is 6.04 Å². The third kappa shape index (κ3) is 5.46. The highest BCUT2D eigenvalue weighted by atomic mass is 28.2. The Bertz CT molecular complexity index is 101. The van der Waals surface area contributed by atoms with Crippen molar-refractivity contribution >= 4 is 15.5 Å². The second kappa shape index (κ2) is 5.72. The quantitative estimate of drug-likeness (QED) is 0.322. The maximum absolute atomic E-state index is 10.5. The van der Waals surface area contributed by atoms with Gasteiger partial charge in [-0.15, -0.1) is 0 Å². The summed E-state index contributed by atoms with van der Waals surface area (Å²) in [6.07, 6.45) is 1.33. The van der Waals surface area contributed by atoms with Crippen molar-refractivity contribution in [3.63, 3.8) is 0 Å². The van der Waals surface area contributed by atoms with Gasteiger partial charge >= 0.3 is 0 Å². The number of rotatable bonds is 5. The smallest absolute Gasteiger partial charge is 0.237 e. The zero-order valence-electron chi connectivity index (χ0n) is 5.52. The highest BCUT2D eigenvalue weighted by Gasteiger charge is 1.95. The zero-order valence-corrected chi connectivity index (χ0v) is 6.52. The van der Waals surface area contributed by atoms with Gasteiger partial charge in [0.2, 0.25) is 9.76 Å². The van der Waals surface area contributed by atoms with Gasteiger partial charge in [-0.1, -0.05) is 6.58 Å². The Balaban J connectivity index is 3.07. The third-order valence-electron chi connectivity index (χ3n) is 0.720. The largest absolute Gasteiger partial charge is 0.417 e. The van der Waals surface area contributed by atoms with E-state index in [4.69, 9.17) is 4.43 Å². The summed E-state index contributed by atoms with van der Waals surface area (Å²) in [5.74, 6) is 0.0572. The van der Waals surface area contributed by atoms with Crippen LogP contribution in [-0.2, 0) is 9.22 Å². The molecule has 2 nitrogen and oxygen atoms in total. The molecule has 0 rings (SSSR count). The predicted molar refractivity (Wildman–Crippen MR) is 37.4 cm³/mol. The van der Waals surface area contributed by atoms with Crippen LogP contribution in [0.5, 0.6) is 0 Å². The minimum absolute atomic E-state index is 0.0572. The SMILES string of the molecule is C=CC(=O)C[Si]OCC. The van der Waals surface area contributed by atoms with Gasteiger partial charge in [-0.3, -0.25) is 4.79 Å². The topological polar surface area (TPSA) is 26.3 Å². The van der Waals surface area contributed by atoms with E-state index in [9.17, 15) is 4.79 Å². The van der Waals surface area contributed by atoms with E-state index in [-0.39, 0.29) is 5.78 Å². The number of allylic oxidation sites excluding steroid dienone is 1. The summed E-state index contributed by atoms with van der Waals surface area (Å²) >= 11 is 0. The van der Waals surface area contributed by atoms with Gasteiger partial charge in [0.1, 0.15) is 0 Å². The van der Waals surface area contributed by atoms with Crippen molar-refractivity contribution in [1.82, 2.24) is 0 Å². The molecule has 0 spiro atoms. The first kappa shape index (κ1) is 8.59. The summed E-state index contributed by atoms with van der Waals surface area (Å²) in [4.78, 5) is 10.5. The number of hydrogen-bond acceptors (Lipinski definition) is 2. The standard InChI is InChI=1S/C6H10O2Si/c1-3-6(7)5-9-8-4-2/h3H,1,4-5H2,2H3. The summed E-state index contributed by atoms with van der Waals surface area (Å²) < 4.78 is 4.97. The lowest BCUT2D eigenvalue weighted by Crippen LogP contribution is -2.03. The van der Waals surface area contributed by atoms with E-state index < -0.39 is 0 Å². The Morgan fingerprint density at radius 3 is 3.00 bits per heavy atom. The van der Waals surface area contributed by atoms with E-state index in [2.05, 4.69) is 6.58 Å². The van der Waals surface area contributed by atoms with Crippen molar-refractivity contribution in [2.75, 3.05) is 6.61 Å². The normalized spacial score (nSPS) is 9.00. The van der Waals surface area contributed by atoms with Crippen molar-refractivity contribution < 1.29 is 9.22 Å². The molecule has 0 saturated heterocycles. The third-order valence-corrected chi connectivity index (χ3v) is 1.71. The number of carbonyl (C=O) groups excluding carboxylic acids is 1. The molecule has 0 atom stereocenters. The molecule has 9 heavy (non-hydrogen) atoms. The second-order valence-corrected chi connectivity index (χ2v) is 2.36. The molecule has 2 radical (unpaired) electrons. The Labute approximate surface area is 57.8 Å². The van der Waals surface area contributed by atoms with Gasteiger partial charge in [0.15, 0.2) is 5.78 Å². The van der Waals surface area contributed by atoms with Gasteiger partial charge in [-0.25, -0.2) is 0 Å². The highest BCUT2D eigenvalue weighted by molar-refractivity contribution is 6.35. The first-order chi connectivity index (χ1) is 4.31. The van der Waals surface area contributed by atoms with E-state index in [1.165, 1.54) is 6.08 Å². The van der Waals surface area contributed by atoms with Crippen LogP contribution in [0.25, 0.3) is 0 Å². The summed E-state index contributed by atoms with van der Waals surface area (Å²) in [6.45, 7) is 5.93. The monoisotopic (exact) mass is 142 g/mol. The van der Waals surface area contributed by atoms with Crippen molar-refractivity contribution in [3.8, 4) is 0 Å². The Kier molecular flexibility index (Phi) is 5.46. The summed E-state index contributed by atoms with van der Waals surface area (Å²) in [7, 11) is 0.299. The lowest BCUT2D eigenvalue weighted by molar-refractivity contribution is -0.112. The minimum Gasteiger partial charge on any atom is -0.417 e. The van der Waals surface area contributed by atoms with E-state index in [0.717, 1.165) is 0 Å². The van der Waals surface area contributed by atoms with E-state index in [1.807, 2.05) is 6.92 Å². The Morgan fingerprint density at radius 1 is 1.89 bits per heavy atom. The van der Waals surface area contributed by atoms with E-state index >= 15 is 0 Å².